The summed E-state index contributed by atoms with van der Waals surface area (Å²) < 4.78 is 11.9. The van der Waals surface area contributed by atoms with Crippen molar-refractivity contribution in [3.05, 3.63) is 48.0 Å². The van der Waals surface area contributed by atoms with Crippen LogP contribution in [0.3, 0.4) is 0 Å². The Balaban J connectivity index is 1.35. The minimum absolute atomic E-state index is 0.189. The normalized spacial score (nSPS) is 16.9. The molecule has 1 aromatic heterocycles. The second-order valence-corrected chi connectivity index (χ2v) is 8.30. The Morgan fingerprint density at radius 3 is 2.58 bits per heavy atom. The standard InChI is InChI=1S/C22H19N3O5S/c26-19-6-7-20(27)25(19)15-3-1-2-14(12-15)21(28)30-16-4-5-17-18(13-16)31-22(23-17)24-8-10-29-11-9-24/h1-5,12-13H,6-11H2. The zero-order chi connectivity index (χ0) is 21.4. The van der Waals surface area contributed by atoms with E-state index in [1.165, 1.54) is 6.07 Å². The first-order chi connectivity index (χ1) is 15.1. The third kappa shape index (κ3) is 3.89. The molecule has 2 saturated heterocycles. The first-order valence-corrected chi connectivity index (χ1v) is 10.8. The topological polar surface area (TPSA) is 89.0 Å². The van der Waals surface area contributed by atoms with E-state index >= 15 is 0 Å². The number of carbonyl (C=O) groups excluding carboxylic acids is 3. The van der Waals surface area contributed by atoms with Gasteiger partial charge in [0.05, 0.1) is 34.7 Å². The van der Waals surface area contributed by atoms with Crippen LogP contribution in [0.25, 0.3) is 10.2 Å². The second kappa shape index (κ2) is 8.09. The Kier molecular flexibility index (Phi) is 5.13. The predicted octanol–water partition coefficient (Wildman–Crippen LogP) is 3.01. The van der Waals surface area contributed by atoms with Crippen LogP contribution in [0.15, 0.2) is 42.5 Å². The number of hydrogen-bond donors (Lipinski definition) is 0. The van der Waals surface area contributed by atoms with E-state index in [0.29, 0.717) is 24.7 Å². The number of hydrogen-bond acceptors (Lipinski definition) is 8. The highest BCUT2D eigenvalue weighted by Crippen LogP contribution is 2.32. The molecule has 2 amide bonds. The number of anilines is 2. The van der Waals surface area contributed by atoms with Gasteiger partial charge in [-0.25, -0.2) is 9.78 Å². The first-order valence-electron chi connectivity index (χ1n) is 10.00. The molecule has 3 aromatic rings. The summed E-state index contributed by atoms with van der Waals surface area (Å²) in [6.45, 7) is 2.99. The van der Waals surface area contributed by atoms with Gasteiger partial charge in [0.25, 0.3) is 0 Å². The number of esters is 1. The fraction of sp³-hybridized carbons (Fsp3) is 0.273. The SMILES string of the molecule is O=C(Oc1ccc2nc(N3CCOCC3)sc2c1)c1cccc(N2C(=O)CCC2=O)c1. The van der Waals surface area contributed by atoms with E-state index in [0.717, 1.165) is 33.3 Å². The van der Waals surface area contributed by atoms with Crippen LogP contribution in [0.5, 0.6) is 5.75 Å². The van der Waals surface area contributed by atoms with Gasteiger partial charge in [-0.3, -0.25) is 14.5 Å². The lowest BCUT2D eigenvalue weighted by Gasteiger charge is -2.25. The molecule has 0 saturated carbocycles. The molecule has 3 heterocycles. The van der Waals surface area contributed by atoms with Gasteiger partial charge >= 0.3 is 5.97 Å². The average Bonchev–Trinajstić information content (AvgIpc) is 3.37. The lowest BCUT2D eigenvalue weighted by atomic mass is 10.2. The van der Waals surface area contributed by atoms with Gasteiger partial charge in [-0.05, 0) is 30.3 Å². The van der Waals surface area contributed by atoms with Crippen LogP contribution >= 0.6 is 11.3 Å². The number of carbonyl (C=O) groups is 3. The van der Waals surface area contributed by atoms with Gasteiger partial charge in [-0.15, -0.1) is 0 Å². The van der Waals surface area contributed by atoms with Crippen molar-refractivity contribution in [2.75, 3.05) is 36.1 Å². The summed E-state index contributed by atoms with van der Waals surface area (Å²) in [7, 11) is 0. The maximum atomic E-state index is 12.7. The molecule has 2 fully saturated rings. The quantitative estimate of drug-likeness (QED) is 0.352. The number of benzene rings is 2. The van der Waals surface area contributed by atoms with Crippen molar-refractivity contribution < 1.29 is 23.9 Å². The van der Waals surface area contributed by atoms with Crippen LogP contribution in [0.4, 0.5) is 10.8 Å². The predicted molar refractivity (Wildman–Crippen MR) is 116 cm³/mol. The van der Waals surface area contributed by atoms with Gasteiger partial charge in [0, 0.05) is 32.0 Å². The van der Waals surface area contributed by atoms with Crippen molar-refractivity contribution in [2.24, 2.45) is 0 Å². The van der Waals surface area contributed by atoms with Crippen LogP contribution in [0.2, 0.25) is 0 Å². The number of morpholine rings is 1. The zero-order valence-corrected chi connectivity index (χ0v) is 17.4. The summed E-state index contributed by atoms with van der Waals surface area (Å²) in [4.78, 5) is 44.6. The molecule has 5 rings (SSSR count). The van der Waals surface area contributed by atoms with Crippen molar-refractivity contribution in [3.8, 4) is 5.75 Å². The Bertz CT molecular complexity index is 1170. The van der Waals surface area contributed by atoms with Gasteiger partial charge in [0.2, 0.25) is 11.8 Å². The van der Waals surface area contributed by atoms with Gasteiger partial charge in [-0.2, -0.15) is 0 Å². The smallest absolute Gasteiger partial charge is 0.343 e. The highest BCUT2D eigenvalue weighted by molar-refractivity contribution is 7.22. The highest BCUT2D eigenvalue weighted by atomic mass is 32.1. The molecule has 0 aliphatic carbocycles. The van der Waals surface area contributed by atoms with Crippen LogP contribution in [-0.4, -0.2) is 49.1 Å². The third-order valence-electron chi connectivity index (χ3n) is 5.23. The monoisotopic (exact) mass is 437 g/mol. The molecule has 0 unspecified atom stereocenters. The van der Waals surface area contributed by atoms with Gasteiger partial charge in [-0.1, -0.05) is 17.4 Å². The molecule has 158 valence electrons. The molecule has 0 bridgehead atoms. The molecular formula is C22H19N3O5S. The lowest BCUT2D eigenvalue weighted by Crippen LogP contribution is -2.36. The summed E-state index contributed by atoms with van der Waals surface area (Å²) in [5.41, 5.74) is 1.50. The van der Waals surface area contributed by atoms with Crippen LogP contribution in [0, 0.1) is 0 Å². The van der Waals surface area contributed by atoms with E-state index in [-0.39, 0.29) is 30.2 Å². The molecule has 2 aromatic carbocycles. The van der Waals surface area contributed by atoms with E-state index in [1.807, 2.05) is 6.07 Å². The summed E-state index contributed by atoms with van der Waals surface area (Å²) in [6, 6.07) is 11.7. The molecule has 0 atom stereocenters. The minimum atomic E-state index is -0.557. The highest BCUT2D eigenvalue weighted by Gasteiger charge is 2.30. The van der Waals surface area contributed by atoms with Gasteiger partial charge < -0.3 is 14.4 Å². The lowest BCUT2D eigenvalue weighted by molar-refractivity contribution is -0.121. The van der Waals surface area contributed by atoms with Crippen LogP contribution < -0.4 is 14.5 Å². The molecule has 0 radical (unpaired) electrons. The zero-order valence-electron chi connectivity index (χ0n) is 16.6. The molecular weight excluding hydrogens is 418 g/mol. The molecule has 0 spiro atoms. The Hall–Kier alpha value is -3.30. The largest absolute Gasteiger partial charge is 0.423 e. The number of fused-ring (bicyclic) bond motifs is 1. The van der Waals surface area contributed by atoms with Crippen molar-refractivity contribution >= 4 is 50.2 Å². The maximum absolute atomic E-state index is 12.7. The molecule has 2 aliphatic heterocycles. The summed E-state index contributed by atoms with van der Waals surface area (Å²) in [5.74, 6) is -0.670. The Morgan fingerprint density at radius 1 is 1.03 bits per heavy atom. The number of aromatic nitrogens is 1. The van der Waals surface area contributed by atoms with E-state index in [2.05, 4.69) is 9.88 Å². The molecule has 8 nitrogen and oxygen atoms in total. The number of rotatable bonds is 4. The van der Waals surface area contributed by atoms with E-state index in [4.69, 9.17) is 9.47 Å². The fourth-order valence-electron chi connectivity index (χ4n) is 3.65. The summed E-state index contributed by atoms with van der Waals surface area (Å²) in [6.07, 6.45) is 0.379. The molecule has 31 heavy (non-hydrogen) atoms. The molecule has 0 N–H and O–H groups in total. The molecule has 2 aliphatic rings. The Morgan fingerprint density at radius 2 is 1.81 bits per heavy atom. The van der Waals surface area contributed by atoms with E-state index in [1.54, 1.807) is 41.7 Å². The molecule has 9 heteroatoms. The Labute approximate surface area is 182 Å². The summed E-state index contributed by atoms with van der Waals surface area (Å²) >= 11 is 1.55. The maximum Gasteiger partial charge on any atom is 0.343 e. The first kappa shape index (κ1) is 19.7. The number of imide groups is 1. The van der Waals surface area contributed by atoms with E-state index in [9.17, 15) is 14.4 Å². The summed E-state index contributed by atoms with van der Waals surface area (Å²) in [5, 5.41) is 0.925. The van der Waals surface area contributed by atoms with Crippen LogP contribution in [0.1, 0.15) is 23.2 Å². The van der Waals surface area contributed by atoms with Gasteiger partial charge in [0.15, 0.2) is 5.13 Å². The number of thiazole rings is 1. The number of amides is 2. The van der Waals surface area contributed by atoms with Crippen molar-refractivity contribution in [3.63, 3.8) is 0 Å². The van der Waals surface area contributed by atoms with E-state index < -0.39 is 5.97 Å². The third-order valence-corrected chi connectivity index (χ3v) is 6.31. The van der Waals surface area contributed by atoms with Crippen molar-refractivity contribution in [1.29, 1.82) is 0 Å². The van der Waals surface area contributed by atoms with Crippen molar-refractivity contribution in [2.45, 2.75) is 12.8 Å². The fourth-order valence-corrected chi connectivity index (χ4v) is 4.69. The second-order valence-electron chi connectivity index (χ2n) is 7.29. The van der Waals surface area contributed by atoms with Crippen molar-refractivity contribution in [1.82, 2.24) is 4.98 Å². The minimum Gasteiger partial charge on any atom is -0.423 e. The number of ether oxygens (including phenoxy) is 2. The average molecular weight is 437 g/mol. The van der Waals surface area contributed by atoms with Gasteiger partial charge in [0.1, 0.15) is 5.75 Å². The number of nitrogens with zero attached hydrogens (tertiary/aromatic N) is 3. The van der Waals surface area contributed by atoms with Crippen LogP contribution in [-0.2, 0) is 14.3 Å².